The van der Waals surface area contributed by atoms with Crippen molar-refractivity contribution in [3.63, 3.8) is 0 Å². The highest BCUT2D eigenvalue weighted by Crippen LogP contribution is 2.38. The predicted octanol–water partition coefficient (Wildman–Crippen LogP) is 7.42. The Balaban J connectivity index is 1.47. The Morgan fingerprint density at radius 3 is 2.42 bits per heavy atom. The molecule has 5 rings (SSSR count). The molecule has 204 valence electrons. The highest BCUT2D eigenvalue weighted by atomic mass is 35.5. The number of carbonyl (C=O) groups excluding carboxylic acids is 1. The van der Waals surface area contributed by atoms with Crippen molar-refractivity contribution in [2.45, 2.75) is 45.3 Å². The van der Waals surface area contributed by atoms with Gasteiger partial charge < -0.3 is 10.1 Å². The molecule has 10 heteroatoms. The average molecular weight is 577 g/mol. The van der Waals surface area contributed by atoms with Gasteiger partial charge in [-0.3, -0.25) is 10.1 Å². The van der Waals surface area contributed by atoms with Gasteiger partial charge in [0.15, 0.2) is 0 Å². The van der Waals surface area contributed by atoms with Crippen LogP contribution in [0.4, 0.5) is 11.5 Å². The lowest BCUT2D eigenvalue weighted by Crippen LogP contribution is -2.28. The van der Waals surface area contributed by atoms with Crippen LogP contribution >= 0.6 is 23.2 Å². The van der Waals surface area contributed by atoms with E-state index >= 15 is 0 Å². The zero-order chi connectivity index (χ0) is 28.4. The van der Waals surface area contributed by atoms with E-state index in [9.17, 15) is 14.9 Å². The van der Waals surface area contributed by atoms with Crippen molar-refractivity contribution in [1.29, 1.82) is 0 Å². The number of hydrogen-bond donors (Lipinski definition) is 1. The molecular weight excluding hydrogens is 551 g/mol. The van der Waals surface area contributed by atoms with Gasteiger partial charge in [0.1, 0.15) is 11.9 Å². The molecule has 0 unspecified atom stereocenters. The smallest absolute Gasteiger partial charge is 0.338 e. The molecule has 0 amide bonds. The molecule has 3 aromatic carbocycles. The minimum atomic E-state index is -0.553. The first kappa shape index (κ1) is 27.6. The van der Waals surface area contributed by atoms with Crippen LogP contribution in [0.25, 0.3) is 11.3 Å². The van der Waals surface area contributed by atoms with E-state index in [1.54, 1.807) is 12.1 Å². The number of hydrogen-bond acceptors (Lipinski definition) is 7. The fourth-order valence-electron chi connectivity index (χ4n) is 4.92. The van der Waals surface area contributed by atoms with Crippen LogP contribution < -0.4 is 5.32 Å². The Morgan fingerprint density at radius 2 is 1.75 bits per heavy atom. The molecule has 1 aliphatic carbocycles. The van der Waals surface area contributed by atoms with Gasteiger partial charge in [-0.2, -0.15) is 0 Å². The summed E-state index contributed by atoms with van der Waals surface area (Å²) >= 11 is 12.6. The standard InChI is InChI=1S/C30H26Cl2N4O4/c1-3-24-27(22-14-11-19(31)16-23(22)32)33-25(4-2)29(34-24)35-28-21-8-6-5-7-18(21)15-26(28)40-30(37)17-9-12-20(13-10-17)36(38)39/h5-14,16,26,28H,3-4,15H2,1-2H3,(H,34,35)/t26-,28-/m0/s1. The van der Waals surface area contributed by atoms with E-state index in [4.69, 9.17) is 37.9 Å². The van der Waals surface area contributed by atoms with Crippen molar-refractivity contribution in [2.24, 2.45) is 0 Å². The van der Waals surface area contributed by atoms with Crippen LogP contribution in [0.5, 0.6) is 0 Å². The number of aryl methyl sites for hydroxylation is 2. The third-order valence-corrected chi connectivity index (χ3v) is 7.49. The molecule has 0 fully saturated rings. The molecule has 0 spiro atoms. The molecule has 40 heavy (non-hydrogen) atoms. The van der Waals surface area contributed by atoms with Crippen LogP contribution in [-0.2, 0) is 24.0 Å². The maximum atomic E-state index is 13.0. The number of anilines is 1. The summed E-state index contributed by atoms with van der Waals surface area (Å²) in [5, 5.41) is 15.6. The van der Waals surface area contributed by atoms with Crippen molar-refractivity contribution in [3.05, 3.63) is 115 Å². The lowest BCUT2D eigenvalue weighted by molar-refractivity contribution is -0.384. The molecule has 0 bridgehead atoms. The molecule has 1 N–H and O–H groups in total. The SMILES string of the molecule is CCc1nc(-c2ccc(Cl)cc2Cl)c(CC)nc1N[C@H]1c2ccccc2C[C@@H]1OC(=O)c1ccc([N+](=O)[O-])cc1. The summed E-state index contributed by atoms with van der Waals surface area (Å²) in [6.07, 6.45) is 1.22. The number of aromatic nitrogens is 2. The molecular formula is C30H26Cl2N4O4. The molecule has 8 nitrogen and oxygen atoms in total. The second-order valence-corrected chi connectivity index (χ2v) is 10.3. The number of esters is 1. The van der Waals surface area contributed by atoms with Crippen LogP contribution in [0.15, 0.2) is 66.7 Å². The number of rotatable bonds is 8. The quantitative estimate of drug-likeness (QED) is 0.132. The number of nitro benzene ring substituents is 1. The fourth-order valence-corrected chi connectivity index (χ4v) is 5.42. The summed E-state index contributed by atoms with van der Waals surface area (Å²) in [5.74, 6) is 0.0644. The third kappa shape index (κ3) is 5.50. The molecule has 1 heterocycles. The number of nitrogens with one attached hydrogen (secondary N) is 1. The third-order valence-electron chi connectivity index (χ3n) is 6.94. The monoisotopic (exact) mass is 576 g/mol. The van der Waals surface area contributed by atoms with Gasteiger partial charge in [0, 0.05) is 29.1 Å². The zero-order valence-electron chi connectivity index (χ0n) is 21.9. The molecule has 2 atom stereocenters. The maximum absolute atomic E-state index is 13.0. The topological polar surface area (TPSA) is 107 Å². The van der Waals surface area contributed by atoms with Crippen LogP contribution in [0.2, 0.25) is 10.0 Å². The molecule has 1 aliphatic rings. The lowest BCUT2D eigenvalue weighted by atomic mass is 10.1. The number of halogens is 2. The van der Waals surface area contributed by atoms with E-state index in [1.165, 1.54) is 24.3 Å². The van der Waals surface area contributed by atoms with Gasteiger partial charge in [0.05, 0.1) is 38.6 Å². The number of carbonyl (C=O) groups is 1. The van der Waals surface area contributed by atoms with E-state index in [2.05, 4.69) is 5.32 Å². The highest BCUT2D eigenvalue weighted by Gasteiger charge is 2.36. The predicted molar refractivity (Wildman–Crippen MR) is 155 cm³/mol. The second-order valence-electron chi connectivity index (χ2n) is 9.42. The Morgan fingerprint density at radius 1 is 1.02 bits per heavy atom. The summed E-state index contributed by atoms with van der Waals surface area (Å²) in [6, 6.07) is 18.3. The highest BCUT2D eigenvalue weighted by molar-refractivity contribution is 6.36. The minimum Gasteiger partial charge on any atom is -0.456 e. The van der Waals surface area contributed by atoms with Gasteiger partial charge >= 0.3 is 5.97 Å². The zero-order valence-corrected chi connectivity index (χ0v) is 23.4. The molecule has 0 saturated carbocycles. The lowest BCUT2D eigenvalue weighted by Gasteiger charge is -2.24. The van der Waals surface area contributed by atoms with E-state index < -0.39 is 17.0 Å². The Kier molecular flexibility index (Phi) is 8.00. The van der Waals surface area contributed by atoms with Crippen molar-refractivity contribution >= 4 is 40.7 Å². The first-order valence-electron chi connectivity index (χ1n) is 12.9. The molecule has 0 saturated heterocycles. The van der Waals surface area contributed by atoms with Gasteiger partial charge in [-0.1, -0.05) is 61.3 Å². The molecule has 0 aliphatic heterocycles. The number of nitrogens with zero attached hydrogens (tertiary/aromatic N) is 3. The normalized spacial score (nSPS) is 15.9. The van der Waals surface area contributed by atoms with Crippen molar-refractivity contribution in [3.8, 4) is 11.3 Å². The number of non-ortho nitro benzene ring substituents is 1. The van der Waals surface area contributed by atoms with Gasteiger partial charge in [0.2, 0.25) is 0 Å². The van der Waals surface area contributed by atoms with Gasteiger partial charge in [-0.05, 0) is 54.3 Å². The first-order chi connectivity index (χ1) is 19.3. The Bertz CT molecular complexity index is 1590. The van der Waals surface area contributed by atoms with Crippen LogP contribution in [0, 0.1) is 10.1 Å². The number of fused-ring (bicyclic) bond motifs is 1. The summed E-state index contributed by atoms with van der Waals surface area (Å²) in [5.41, 5.74) is 5.22. The average Bonchev–Trinajstić information content (AvgIpc) is 3.29. The first-order valence-corrected chi connectivity index (χ1v) is 13.7. The van der Waals surface area contributed by atoms with E-state index in [0.717, 1.165) is 28.1 Å². The Labute approximate surface area is 241 Å². The number of nitro groups is 1. The van der Waals surface area contributed by atoms with Gasteiger partial charge in [0.25, 0.3) is 5.69 Å². The molecule has 0 radical (unpaired) electrons. The van der Waals surface area contributed by atoms with Crippen LogP contribution in [-0.4, -0.2) is 27.0 Å². The van der Waals surface area contributed by atoms with E-state index in [0.29, 0.717) is 40.8 Å². The van der Waals surface area contributed by atoms with Crippen molar-refractivity contribution in [1.82, 2.24) is 9.97 Å². The number of benzene rings is 3. The number of ether oxygens (including phenoxy) is 1. The molecule has 1 aromatic heterocycles. The Hall–Kier alpha value is -4.01. The van der Waals surface area contributed by atoms with Crippen LogP contribution in [0.3, 0.4) is 0 Å². The summed E-state index contributed by atoms with van der Waals surface area (Å²) in [4.78, 5) is 33.5. The summed E-state index contributed by atoms with van der Waals surface area (Å²) < 4.78 is 5.97. The van der Waals surface area contributed by atoms with Crippen molar-refractivity contribution < 1.29 is 14.5 Å². The van der Waals surface area contributed by atoms with E-state index in [-0.39, 0.29) is 17.3 Å². The second kappa shape index (κ2) is 11.6. The summed E-state index contributed by atoms with van der Waals surface area (Å²) in [6.45, 7) is 4.01. The largest absolute Gasteiger partial charge is 0.456 e. The van der Waals surface area contributed by atoms with E-state index in [1.807, 2.05) is 44.2 Å². The maximum Gasteiger partial charge on any atom is 0.338 e. The minimum absolute atomic E-state index is 0.0925. The van der Waals surface area contributed by atoms with Gasteiger partial charge in [-0.25, -0.2) is 14.8 Å². The van der Waals surface area contributed by atoms with Gasteiger partial charge in [-0.15, -0.1) is 0 Å². The summed E-state index contributed by atoms with van der Waals surface area (Å²) in [7, 11) is 0. The van der Waals surface area contributed by atoms with Crippen LogP contribution in [0.1, 0.15) is 52.8 Å². The van der Waals surface area contributed by atoms with Crippen molar-refractivity contribution in [2.75, 3.05) is 5.32 Å². The molecule has 4 aromatic rings. The fraction of sp³-hybridized carbons (Fsp3) is 0.233.